The van der Waals surface area contributed by atoms with E-state index in [1.54, 1.807) is 29.8 Å². The van der Waals surface area contributed by atoms with Crippen LogP contribution in [0.1, 0.15) is 62.4 Å². The molecule has 0 atom stereocenters. The van der Waals surface area contributed by atoms with Crippen molar-refractivity contribution in [2.24, 2.45) is 12.5 Å². The molecule has 3 N–H and O–H groups in total. The Morgan fingerprint density at radius 3 is 2.38 bits per heavy atom. The van der Waals surface area contributed by atoms with Crippen LogP contribution in [0, 0.1) is 5.41 Å². The second kappa shape index (κ2) is 12.2. The number of benzene rings is 2. The number of imidazole rings is 1. The average Bonchev–Trinajstić information content (AvgIpc) is 3.55. The number of amides is 2. The van der Waals surface area contributed by atoms with Gasteiger partial charge in [-0.05, 0) is 36.6 Å². The molecule has 2 aromatic carbocycles. The summed E-state index contributed by atoms with van der Waals surface area (Å²) < 4.78 is 40.4. The molecule has 1 heterocycles. The second-order valence-corrected chi connectivity index (χ2v) is 12.4. The first-order chi connectivity index (χ1) is 19.6. The van der Waals surface area contributed by atoms with E-state index in [4.69, 9.17) is 23.2 Å². The van der Waals surface area contributed by atoms with Crippen LogP contribution in [-0.4, -0.2) is 47.2 Å². The minimum atomic E-state index is -4.54. The highest BCUT2D eigenvalue weighted by molar-refractivity contribution is 6.39. The quantitative estimate of drug-likeness (QED) is 0.251. The van der Waals surface area contributed by atoms with Crippen LogP contribution in [0.25, 0.3) is 11.0 Å². The summed E-state index contributed by atoms with van der Waals surface area (Å²) in [6, 6.07) is 6.84. The summed E-state index contributed by atoms with van der Waals surface area (Å²) in [5.41, 5.74) is 2.15. The number of hydrogen-bond acceptors (Lipinski definition) is 5. The Labute approximate surface area is 252 Å². The molecule has 3 aromatic rings. The molecule has 1 aliphatic rings. The van der Waals surface area contributed by atoms with Gasteiger partial charge in [0.15, 0.2) is 0 Å². The average molecular weight is 628 g/mol. The predicted octanol–water partition coefficient (Wildman–Crippen LogP) is 6.96. The standard InChI is InChI=1S/C29H35Cl2F3N6O2/c1-28(2,3)26(42)35-14-16-10-11-19(30)24(23(16)31)38-27-37-20-12-18(25(41)36-15-29(32,33)34)21(13-22(20)40(27)5)39(4)17-8-6-7-9-17/h10-13,17H,6-9,14-15H2,1-5H3,(H,35,42)(H,36,41)(H,37,38). The first-order valence-corrected chi connectivity index (χ1v) is 14.4. The Balaban J connectivity index is 1.70. The zero-order valence-corrected chi connectivity index (χ0v) is 25.7. The topological polar surface area (TPSA) is 91.3 Å². The number of nitrogens with zero attached hydrogens (tertiary/aromatic N) is 3. The highest BCUT2D eigenvalue weighted by Gasteiger charge is 2.30. The maximum atomic E-state index is 13.0. The van der Waals surface area contributed by atoms with E-state index in [9.17, 15) is 22.8 Å². The molecule has 1 aromatic heterocycles. The molecule has 4 rings (SSSR count). The van der Waals surface area contributed by atoms with Crippen LogP contribution < -0.4 is 20.9 Å². The number of halogens is 5. The van der Waals surface area contributed by atoms with Crippen molar-refractivity contribution in [2.45, 2.75) is 65.2 Å². The highest BCUT2D eigenvalue weighted by atomic mass is 35.5. The van der Waals surface area contributed by atoms with E-state index in [1.807, 2.05) is 38.0 Å². The number of carbonyl (C=O) groups excluding carboxylic acids is 2. The maximum Gasteiger partial charge on any atom is 0.405 e. The van der Waals surface area contributed by atoms with Gasteiger partial charge in [0.25, 0.3) is 5.91 Å². The Bertz CT molecular complexity index is 1490. The predicted molar refractivity (Wildman–Crippen MR) is 161 cm³/mol. The third kappa shape index (κ3) is 7.06. The van der Waals surface area contributed by atoms with Crippen molar-refractivity contribution >= 4 is 63.4 Å². The molecule has 0 saturated heterocycles. The molecule has 0 spiro atoms. The number of rotatable bonds is 8. The fraction of sp³-hybridized carbons (Fsp3) is 0.483. The Morgan fingerprint density at radius 2 is 1.76 bits per heavy atom. The minimum absolute atomic E-state index is 0.110. The number of fused-ring (bicyclic) bond motifs is 1. The van der Waals surface area contributed by atoms with Crippen molar-refractivity contribution in [2.75, 3.05) is 23.8 Å². The van der Waals surface area contributed by atoms with E-state index >= 15 is 0 Å². The molecule has 0 aliphatic heterocycles. The van der Waals surface area contributed by atoms with Gasteiger partial charge in [-0.3, -0.25) is 9.59 Å². The van der Waals surface area contributed by atoms with E-state index in [1.165, 1.54) is 6.07 Å². The fourth-order valence-corrected chi connectivity index (χ4v) is 5.51. The monoisotopic (exact) mass is 626 g/mol. The van der Waals surface area contributed by atoms with Gasteiger partial charge in [-0.25, -0.2) is 4.98 Å². The summed E-state index contributed by atoms with van der Waals surface area (Å²) in [5.74, 6) is -0.607. The summed E-state index contributed by atoms with van der Waals surface area (Å²) in [7, 11) is 3.63. The molecular weight excluding hydrogens is 592 g/mol. The molecule has 228 valence electrons. The maximum absolute atomic E-state index is 13.0. The van der Waals surface area contributed by atoms with Crippen molar-refractivity contribution in [1.82, 2.24) is 20.2 Å². The summed E-state index contributed by atoms with van der Waals surface area (Å²) in [6.07, 6.45) is -0.581. The van der Waals surface area contributed by atoms with Crippen LogP contribution in [0.4, 0.5) is 30.5 Å². The van der Waals surface area contributed by atoms with Gasteiger partial charge in [0.1, 0.15) is 6.54 Å². The summed E-state index contributed by atoms with van der Waals surface area (Å²) >= 11 is 13.2. The lowest BCUT2D eigenvalue weighted by molar-refractivity contribution is -0.128. The second-order valence-electron chi connectivity index (χ2n) is 11.7. The smallest absolute Gasteiger partial charge is 0.371 e. The third-order valence-electron chi connectivity index (χ3n) is 7.47. The van der Waals surface area contributed by atoms with Crippen LogP contribution >= 0.6 is 23.2 Å². The number of alkyl halides is 3. The van der Waals surface area contributed by atoms with E-state index in [0.717, 1.165) is 25.7 Å². The van der Waals surface area contributed by atoms with E-state index in [0.29, 0.717) is 44.0 Å². The zero-order chi connectivity index (χ0) is 31.0. The van der Waals surface area contributed by atoms with Crippen molar-refractivity contribution in [1.29, 1.82) is 0 Å². The molecule has 0 bridgehead atoms. The first-order valence-electron chi connectivity index (χ1n) is 13.7. The van der Waals surface area contributed by atoms with Gasteiger partial charge in [-0.1, -0.05) is 62.9 Å². The fourth-order valence-electron chi connectivity index (χ4n) is 4.98. The number of aryl methyl sites for hydroxylation is 1. The molecule has 1 aliphatic carbocycles. The molecule has 13 heteroatoms. The third-order valence-corrected chi connectivity index (χ3v) is 8.22. The van der Waals surface area contributed by atoms with Crippen molar-refractivity contribution in [3.63, 3.8) is 0 Å². The van der Waals surface area contributed by atoms with Gasteiger partial charge in [-0.15, -0.1) is 0 Å². The van der Waals surface area contributed by atoms with Crippen molar-refractivity contribution in [3.8, 4) is 0 Å². The summed E-state index contributed by atoms with van der Waals surface area (Å²) in [6.45, 7) is 4.19. The zero-order valence-electron chi connectivity index (χ0n) is 24.2. The molecule has 0 unspecified atom stereocenters. The van der Waals surface area contributed by atoms with E-state index in [-0.39, 0.29) is 24.1 Å². The van der Waals surface area contributed by atoms with Crippen LogP contribution in [0.3, 0.4) is 0 Å². The number of anilines is 3. The molecule has 8 nitrogen and oxygen atoms in total. The normalized spacial score (nSPS) is 14.3. The number of aromatic nitrogens is 2. The minimum Gasteiger partial charge on any atom is -0.371 e. The molecule has 1 fully saturated rings. The summed E-state index contributed by atoms with van der Waals surface area (Å²) in [4.78, 5) is 32.0. The Morgan fingerprint density at radius 1 is 1.10 bits per heavy atom. The van der Waals surface area contributed by atoms with E-state index in [2.05, 4.69) is 15.6 Å². The summed E-state index contributed by atoms with van der Waals surface area (Å²) in [5, 5.41) is 8.66. The molecule has 1 saturated carbocycles. The molecule has 0 radical (unpaired) electrons. The van der Waals surface area contributed by atoms with E-state index < -0.39 is 24.0 Å². The van der Waals surface area contributed by atoms with Gasteiger partial charge in [0, 0.05) is 32.1 Å². The Kier molecular flexibility index (Phi) is 9.22. The lowest BCUT2D eigenvalue weighted by Gasteiger charge is -2.28. The highest BCUT2D eigenvalue weighted by Crippen LogP contribution is 2.38. The van der Waals surface area contributed by atoms with Gasteiger partial charge in [0.2, 0.25) is 11.9 Å². The van der Waals surface area contributed by atoms with Crippen LogP contribution in [0.2, 0.25) is 10.0 Å². The van der Waals surface area contributed by atoms with Crippen molar-refractivity contribution in [3.05, 3.63) is 45.4 Å². The Hall–Kier alpha value is -3.18. The van der Waals surface area contributed by atoms with Gasteiger partial charge in [-0.2, -0.15) is 13.2 Å². The molecule has 2 amide bonds. The van der Waals surface area contributed by atoms with Gasteiger partial charge < -0.3 is 25.4 Å². The van der Waals surface area contributed by atoms with Crippen LogP contribution in [-0.2, 0) is 18.4 Å². The van der Waals surface area contributed by atoms with Crippen molar-refractivity contribution < 1.29 is 22.8 Å². The lowest BCUT2D eigenvalue weighted by Crippen LogP contribution is -2.36. The van der Waals surface area contributed by atoms with Gasteiger partial charge in [0.05, 0.1) is 38.0 Å². The number of carbonyl (C=O) groups is 2. The van der Waals surface area contributed by atoms with Crippen LogP contribution in [0.15, 0.2) is 24.3 Å². The van der Waals surface area contributed by atoms with Crippen LogP contribution in [0.5, 0.6) is 0 Å². The first kappa shape index (κ1) is 31.7. The molecular formula is C29H35Cl2F3N6O2. The molecule has 42 heavy (non-hydrogen) atoms. The number of hydrogen-bond donors (Lipinski definition) is 3. The SMILES string of the molecule is CN(c1cc2c(cc1C(=O)NCC(F)(F)F)nc(Nc1c(Cl)ccc(CNC(=O)C(C)(C)C)c1Cl)n2C)C1CCCC1. The lowest BCUT2D eigenvalue weighted by atomic mass is 9.95. The largest absolute Gasteiger partial charge is 0.405 e. The van der Waals surface area contributed by atoms with Gasteiger partial charge >= 0.3 is 6.18 Å². The number of nitrogens with one attached hydrogen (secondary N) is 3.